The molecule has 1 N–H and O–H groups in total. The molecule has 0 fully saturated rings. The molecular formula is C22H20BrNO4S. The van der Waals surface area contributed by atoms with E-state index in [9.17, 15) is 9.59 Å². The van der Waals surface area contributed by atoms with Gasteiger partial charge in [-0.15, -0.1) is 11.3 Å². The highest BCUT2D eigenvalue weighted by atomic mass is 79.9. The summed E-state index contributed by atoms with van der Waals surface area (Å²) in [5.74, 6) is -0.250. The standard InChI is InChI=1S/C22H20BrNO4S/c1-3-27-22(26)16-12-19(15-7-5-4-6-8-15)29-21(16)24-20(25)13-28-18-10-9-14(2)11-17(18)23/h4-12H,3,13H2,1-2H3,(H,24,25). The number of nitrogens with one attached hydrogen (secondary N) is 1. The van der Waals surface area contributed by atoms with Gasteiger partial charge in [0.25, 0.3) is 5.91 Å². The summed E-state index contributed by atoms with van der Waals surface area (Å²) in [5, 5.41) is 3.22. The van der Waals surface area contributed by atoms with Crippen LogP contribution in [-0.2, 0) is 9.53 Å². The molecule has 1 aromatic heterocycles. The van der Waals surface area contributed by atoms with Gasteiger partial charge in [0.2, 0.25) is 0 Å². The summed E-state index contributed by atoms with van der Waals surface area (Å²) in [6, 6.07) is 17.0. The van der Waals surface area contributed by atoms with Gasteiger partial charge in [0.15, 0.2) is 6.61 Å². The van der Waals surface area contributed by atoms with Crippen LogP contribution < -0.4 is 10.1 Å². The third-order valence-electron chi connectivity index (χ3n) is 3.98. The van der Waals surface area contributed by atoms with Crippen LogP contribution in [0.3, 0.4) is 0 Å². The second kappa shape index (κ2) is 9.71. The van der Waals surface area contributed by atoms with Crippen molar-refractivity contribution in [3.63, 3.8) is 0 Å². The van der Waals surface area contributed by atoms with Crippen LogP contribution in [0.25, 0.3) is 10.4 Å². The number of rotatable bonds is 7. The SMILES string of the molecule is CCOC(=O)c1cc(-c2ccccc2)sc1NC(=O)COc1ccc(C)cc1Br. The van der Waals surface area contributed by atoms with Gasteiger partial charge in [-0.3, -0.25) is 4.79 Å². The van der Waals surface area contributed by atoms with Gasteiger partial charge in [-0.2, -0.15) is 0 Å². The maximum Gasteiger partial charge on any atom is 0.341 e. The highest BCUT2D eigenvalue weighted by molar-refractivity contribution is 9.10. The Morgan fingerprint density at radius 2 is 1.86 bits per heavy atom. The topological polar surface area (TPSA) is 64.6 Å². The van der Waals surface area contributed by atoms with Crippen molar-refractivity contribution in [2.45, 2.75) is 13.8 Å². The smallest absolute Gasteiger partial charge is 0.341 e. The molecule has 0 spiro atoms. The van der Waals surface area contributed by atoms with Crippen molar-refractivity contribution in [2.24, 2.45) is 0 Å². The number of aryl methyl sites for hydroxylation is 1. The summed E-state index contributed by atoms with van der Waals surface area (Å²) in [6.07, 6.45) is 0. The molecule has 0 aliphatic heterocycles. The Morgan fingerprint density at radius 1 is 1.10 bits per heavy atom. The Kier molecular flexibility index (Phi) is 7.06. The maximum absolute atomic E-state index is 12.4. The third kappa shape index (κ3) is 5.46. The second-order valence-corrected chi connectivity index (χ2v) is 8.12. The van der Waals surface area contributed by atoms with Gasteiger partial charge in [0.1, 0.15) is 10.8 Å². The summed E-state index contributed by atoms with van der Waals surface area (Å²) < 4.78 is 11.5. The van der Waals surface area contributed by atoms with Crippen LogP contribution in [0.4, 0.5) is 5.00 Å². The molecule has 1 amide bonds. The molecule has 0 aliphatic rings. The van der Waals surface area contributed by atoms with Gasteiger partial charge in [0.05, 0.1) is 16.6 Å². The van der Waals surface area contributed by atoms with E-state index in [2.05, 4.69) is 21.2 Å². The molecule has 0 atom stereocenters. The highest BCUT2D eigenvalue weighted by Gasteiger charge is 2.20. The molecule has 150 valence electrons. The summed E-state index contributed by atoms with van der Waals surface area (Å²) in [7, 11) is 0. The number of anilines is 1. The Hall–Kier alpha value is -2.64. The van der Waals surface area contributed by atoms with Crippen molar-refractivity contribution in [1.29, 1.82) is 0 Å². The van der Waals surface area contributed by atoms with Crippen molar-refractivity contribution in [2.75, 3.05) is 18.5 Å². The Bertz CT molecular complexity index is 1020. The molecule has 0 bridgehead atoms. The first-order chi connectivity index (χ1) is 14.0. The highest BCUT2D eigenvalue weighted by Crippen LogP contribution is 2.36. The minimum atomic E-state index is -0.469. The lowest BCUT2D eigenvalue weighted by Gasteiger charge is -2.09. The molecular weight excluding hydrogens is 454 g/mol. The summed E-state index contributed by atoms with van der Waals surface area (Å²) >= 11 is 4.75. The van der Waals surface area contributed by atoms with Crippen LogP contribution in [0.15, 0.2) is 59.1 Å². The van der Waals surface area contributed by atoms with Crippen molar-refractivity contribution in [3.05, 3.63) is 70.2 Å². The van der Waals surface area contributed by atoms with E-state index in [1.54, 1.807) is 19.1 Å². The zero-order chi connectivity index (χ0) is 20.8. The summed E-state index contributed by atoms with van der Waals surface area (Å²) in [6.45, 7) is 3.79. The van der Waals surface area contributed by atoms with E-state index in [0.29, 0.717) is 16.3 Å². The van der Waals surface area contributed by atoms with E-state index >= 15 is 0 Å². The number of carbonyl (C=O) groups is 2. The van der Waals surface area contributed by atoms with E-state index in [-0.39, 0.29) is 19.1 Å². The van der Waals surface area contributed by atoms with E-state index in [0.717, 1.165) is 20.5 Å². The van der Waals surface area contributed by atoms with Gasteiger partial charge < -0.3 is 14.8 Å². The van der Waals surface area contributed by atoms with E-state index < -0.39 is 5.97 Å². The van der Waals surface area contributed by atoms with Crippen LogP contribution >= 0.6 is 27.3 Å². The van der Waals surface area contributed by atoms with Crippen LogP contribution in [0, 0.1) is 6.92 Å². The van der Waals surface area contributed by atoms with E-state index in [1.807, 2.05) is 49.4 Å². The molecule has 0 aliphatic carbocycles. The first-order valence-corrected chi connectivity index (χ1v) is 10.6. The number of hydrogen-bond donors (Lipinski definition) is 1. The number of thiophene rings is 1. The van der Waals surface area contributed by atoms with Gasteiger partial charge in [-0.05, 0) is 59.1 Å². The third-order valence-corrected chi connectivity index (χ3v) is 5.70. The molecule has 1 heterocycles. The second-order valence-electron chi connectivity index (χ2n) is 6.21. The molecule has 0 radical (unpaired) electrons. The van der Waals surface area contributed by atoms with Crippen LogP contribution in [0.1, 0.15) is 22.8 Å². The van der Waals surface area contributed by atoms with Gasteiger partial charge in [-0.25, -0.2) is 4.79 Å². The lowest BCUT2D eigenvalue weighted by atomic mass is 10.1. The molecule has 2 aromatic carbocycles. The first-order valence-electron chi connectivity index (χ1n) is 9.03. The van der Waals surface area contributed by atoms with Gasteiger partial charge in [-0.1, -0.05) is 36.4 Å². The zero-order valence-corrected chi connectivity index (χ0v) is 18.4. The number of hydrogen-bond acceptors (Lipinski definition) is 5. The molecule has 0 saturated carbocycles. The van der Waals surface area contributed by atoms with Crippen LogP contribution in [0.5, 0.6) is 5.75 Å². The normalized spacial score (nSPS) is 10.4. The Labute approximate surface area is 181 Å². The fourth-order valence-corrected chi connectivity index (χ4v) is 4.29. The average molecular weight is 474 g/mol. The predicted octanol–water partition coefficient (Wildman–Crippen LogP) is 5.68. The van der Waals surface area contributed by atoms with E-state index in [4.69, 9.17) is 9.47 Å². The van der Waals surface area contributed by atoms with Crippen LogP contribution in [0.2, 0.25) is 0 Å². The number of halogens is 1. The lowest BCUT2D eigenvalue weighted by molar-refractivity contribution is -0.118. The predicted molar refractivity (Wildman–Crippen MR) is 119 cm³/mol. The first kappa shape index (κ1) is 21.1. The number of amides is 1. The van der Waals surface area contributed by atoms with E-state index in [1.165, 1.54) is 11.3 Å². The molecule has 0 unspecified atom stereocenters. The Balaban J connectivity index is 1.76. The van der Waals surface area contributed by atoms with Gasteiger partial charge >= 0.3 is 5.97 Å². The largest absolute Gasteiger partial charge is 0.483 e. The average Bonchev–Trinajstić information content (AvgIpc) is 3.12. The lowest BCUT2D eigenvalue weighted by Crippen LogP contribution is -2.21. The maximum atomic E-state index is 12.4. The van der Waals surface area contributed by atoms with Crippen molar-refractivity contribution in [1.82, 2.24) is 0 Å². The minimum Gasteiger partial charge on any atom is -0.483 e. The van der Waals surface area contributed by atoms with Crippen molar-refractivity contribution >= 4 is 44.1 Å². The Morgan fingerprint density at radius 3 is 2.55 bits per heavy atom. The molecule has 0 saturated heterocycles. The number of benzene rings is 2. The van der Waals surface area contributed by atoms with Gasteiger partial charge in [0, 0.05) is 4.88 Å². The monoisotopic (exact) mass is 473 g/mol. The molecule has 7 heteroatoms. The summed E-state index contributed by atoms with van der Waals surface area (Å²) in [5.41, 5.74) is 2.38. The quantitative estimate of drug-likeness (QED) is 0.448. The fourth-order valence-electron chi connectivity index (χ4n) is 2.62. The minimum absolute atomic E-state index is 0.178. The molecule has 29 heavy (non-hydrogen) atoms. The van der Waals surface area contributed by atoms with Crippen LogP contribution in [-0.4, -0.2) is 25.1 Å². The number of carbonyl (C=O) groups excluding carboxylic acids is 2. The zero-order valence-electron chi connectivity index (χ0n) is 16.0. The number of esters is 1. The van der Waals surface area contributed by atoms with Crippen molar-refractivity contribution < 1.29 is 19.1 Å². The molecule has 5 nitrogen and oxygen atoms in total. The van der Waals surface area contributed by atoms with Crippen molar-refractivity contribution in [3.8, 4) is 16.2 Å². The summed E-state index contributed by atoms with van der Waals surface area (Å²) in [4.78, 5) is 25.7. The number of ether oxygens (including phenoxy) is 2. The molecule has 3 rings (SSSR count). The fraction of sp³-hybridized carbons (Fsp3) is 0.182. The molecule has 3 aromatic rings.